The lowest BCUT2D eigenvalue weighted by Gasteiger charge is -2.07. The highest BCUT2D eigenvalue weighted by Crippen LogP contribution is 2.18. The third-order valence-electron chi connectivity index (χ3n) is 2.87. The number of nitrogens with zero attached hydrogens (tertiary/aromatic N) is 1. The highest BCUT2D eigenvalue weighted by Gasteiger charge is 2.16. The smallest absolute Gasteiger partial charge is 0.350 e. The third-order valence-corrected chi connectivity index (χ3v) is 3.93. The number of aromatic nitrogens is 1. The van der Waals surface area contributed by atoms with Gasteiger partial charge in [0.1, 0.15) is 10.6 Å². The Bertz CT molecular complexity index is 695. The molecule has 122 valence electrons. The van der Waals surface area contributed by atoms with Crippen molar-refractivity contribution in [2.24, 2.45) is 0 Å². The average molecular weight is 334 g/mol. The lowest BCUT2D eigenvalue weighted by atomic mass is 10.3. The summed E-state index contributed by atoms with van der Waals surface area (Å²) < 4.78 is 10.3. The van der Waals surface area contributed by atoms with E-state index in [1.807, 2.05) is 13.8 Å². The predicted octanol–water partition coefficient (Wildman–Crippen LogP) is 2.95. The first kappa shape index (κ1) is 17.0. The minimum atomic E-state index is -0.532. The van der Waals surface area contributed by atoms with Gasteiger partial charge in [-0.1, -0.05) is 0 Å². The van der Waals surface area contributed by atoms with Gasteiger partial charge in [-0.2, -0.15) is 0 Å². The van der Waals surface area contributed by atoms with Crippen molar-refractivity contribution in [1.29, 1.82) is 0 Å². The summed E-state index contributed by atoms with van der Waals surface area (Å²) in [4.78, 5) is 28.3. The number of thiazole rings is 1. The SMILES string of the molecule is CCOc1ccc(NC(=O)COC(=O)c2sc(C)nc2C)cc1. The molecule has 0 saturated carbocycles. The summed E-state index contributed by atoms with van der Waals surface area (Å²) in [5.74, 6) is -0.204. The molecule has 1 heterocycles. The number of anilines is 1. The molecule has 2 aromatic rings. The van der Waals surface area contributed by atoms with Crippen LogP contribution in [0.4, 0.5) is 5.69 Å². The molecule has 2 rings (SSSR count). The van der Waals surface area contributed by atoms with Gasteiger partial charge in [-0.05, 0) is 45.0 Å². The molecule has 0 aliphatic rings. The molecule has 0 atom stereocenters. The topological polar surface area (TPSA) is 77.5 Å². The van der Waals surface area contributed by atoms with Gasteiger partial charge in [-0.15, -0.1) is 11.3 Å². The van der Waals surface area contributed by atoms with Crippen molar-refractivity contribution >= 4 is 28.9 Å². The molecule has 6 nitrogen and oxygen atoms in total. The Morgan fingerprint density at radius 1 is 1.22 bits per heavy atom. The van der Waals surface area contributed by atoms with Gasteiger partial charge < -0.3 is 14.8 Å². The number of hydrogen-bond acceptors (Lipinski definition) is 6. The third kappa shape index (κ3) is 4.79. The van der Waals surface area contributed by atoms with E-state index in [1.165, 1.54) is 11.3 Å². The average Bonchev–Trinajstić information content (AvgIpc) is 2.86. The molecule has 1 aromatic carbocycles. The fourth-order valence-corrected chi connectivity index (χ4v) is 2.73. The van der Waals surface area contributed by atoms with Crippen LogP contribution in [0.25, 0.3) is 0 Å². The number of esters is 1. The zero-order valence-corrected chi connectivity index (χ0v) is 14.0. The number of rotatable bonds is 6. The standard InChI is InChI=1S/C16H18N2O4S/c1-4-21-13-7-5-12(6-8-13)18-14(19)9-22-16(20)15-10(2)17-11(3)23-15/h5-8H,4,9H2,1-3H3,(H,18,19). The highest BCUT2D eigenvalue weighted by atomic mass is 32.1. The summed E-state index contributed by atoms with van der Waals surface area (Å²) in [6.45, 7) is 5.68. The fourth-order valence-electron chi connectivity index (χ4n) is 1.92. The molecule has 0 fully saturated rings. The van der Waals surface area contributed by atoms with Crippen LogP contribution in [-0.2, 0) is 9.53 Å². The molecule has 0 unspecified atom stereocenters. The first-order valence-corrected chi connectivity index (χ1v) is 7.95. The van der Waals surface area contributed by atoms with E-state index in [2.05, 4.69) is 10.3 Å². The number of benzene rings is 1. The maximum atomic E-state index is 11.9. The van der Waals surface area contributed by atoms with Crippen LogP contribution in [0.15, 0.2) is 24.3 Å². The second-order valence-corrected chi connectivity index (χ2v) is 5.93. The number of nitrogens with one attached hydrogen (secondary N) is 1. The largest absolute Gasteiger partial charge is 0.494 e. The second kappa shape index (κ2) is 7.73. The van der Waals surface area contributed by atoms with Crippen LogP contribution >= 0.6 is 11.3 Å². The quantitative estimate of drug-likeness (QED) is 0.822. The zero-order valence-electron chi connectivity index (χ0n) is 13.2. The van der Waals surface area contributed by atoms with Gasteiger partial charge in [0.25, 0.3) is 5.91 Å². The molecular weight excluding hydrogens is 316 g/mol. The summed E-state index contributed by atoms with van der Waals surface area (Å²) in [6.07, 6.45) is 0. The van der Waals surface area contributed by atoms with E-state index < -0.39 is 11.9 Å². The maximum Gasteiger partial charge on any atom is 0.350 e. The Morgan fingerprint density at radius 2 is 1.91 bits per heavy atom. The monoisotopic (exact) mass is 334 g/mol. The summed E-state index contributed by atoms with van der Waals surface area (Å²) in [6, 6.07) is 6.96. The van der Waals surface area contributed by atoms with E-state index in [9.17, 15) is 9.59 Å². The Kier molecular flexibility index (Phi) is 5.70. The second-order valence-electron chi connectivity index (χ2n) is 4.73. The Balaban J connectivity index is 1.85. The summed E-state index contributed by atoms with van der Waals surface area (Å²) in [7, 11) is 0. The number of aryl methyl sites for hydroxylation is 2. The maximum absolute atomic E-state index is 11.9. The highest BCUT2D eigenvalue weighted by molar-refractivity contribution is 7.13. The molecule has 0 spiro atoms. The predicted molar refractivity (Wildman–Crippen MR) is 88.1 cm³/mol. The van der Waals surface area contributed by atoms with Crippen molar-refractivity contribution in [1.82, 2.24) is 4.98 Å². The molecule has 7 heteroatoms. The van der Waals surface area contributed by atoms with Gasteiger partial charge in [-0.3, -0.25) is 4.79 Å². The molecule has 1 aromatic heterocycles. The lowest BCUT2D eigenvalue weighted by Crippen LogP contribution is -2.20. The van der Waals surface area contributed by atoms with Gasteiger partial charge in [0.15, 0.2) is 6.61 Å². The van der Waals surface area contributed by atoms with E-state index in [0.29, 0.717) is 22.9 Å². The van der Waals surface area contributed by atoms with E-state index in [-0.39, 0.29) is 6.61 Å². The molecule has 0 radical (unpaired) electrons. The zero-order chi connectivity index (χ0) is 16.8. The number of carbonyl (C=O) groups excluding carboxylic acids is 2. The van der Waals surface area contributed by atoms with Crippen molar-refractivity contribution in [2.45, 2.75) is 20.8 Å². The normalized spacial score (nSPS) is 10.2. The van der Waals surface area contributed by atoms with Gasteiger partial charge in [0.2, 0.25) is 0 Å². The molecule has 1 N–H and O–H groups in total. The number of carbonyl (C=O) groups is 2. The van der Waals surface area contributed by atoms with Gasteiger partial charge in [-0.25, -0.2) is 9.78 Å². The molecule has 0 aliphatic heterocycles. The van der Waals surface area contributed by atoms with Gasteiger partial charge >= 0.3 is 5.97 Å². The Labute approximate surface area is 138 Å². The first-order chi connectivity index (χ1) is 11.0. The van der Waals surface area contributed by atoms with Crippen LogP contribution in [0.5, 0.6) is 5.75 Å². The van der Waals surface area contributed by atoms with Crippen LogP contribution < -0.4 is 10.1 Å². The van der Waals surface area contributed by atoms with Gasteiger partial charge in [0.05, 0.1) is 17.3 Å². The summed E-state index contributed by atoms with van der Waals surface area (Å²) in [5.41, 5.74) is 1.23. The molecular formula is C16H18N2O4S. The van der Waals surface area contributed by atoms with Crippen LogP contribution in [0.2, 0.25) is 0 Å². The van der Waals surface area contributed by atoms with Gasteiger partial charge in [0, 0.05) is 5.69 Å². The fraction of sp³-hybridized carbons (Fsp3) is 0.312. The number of ether oxygens (including phenoxy) is 2. The summed E-state index contributed by atoms with van der Waals surface area (Å²) >= 11 is 1.25. The van der Waals surface area contributed by atoms with Crippen LogP contribution in [-0.4, -0.2) is 30.1 Å². The molecule has 0 saturated heterocycles. The number of amides is 1. The van der Waals surface area contributed by atoms with E-state index in [1.54, 1.807) is 31.2 Å². The summed E-state index contributed by atoms with van der Waals surface area (Å²) in [5, 5.41) is 3.44. The molecule has 0 aliphatic carbocycles. The molecule has 23 heavy (non-hydrogen) atoms. The van der Waals surface area contributed by atoms with Crippen molar-refractivity contribution in [3.05, 3.63) is 39.8 Å². The van der Waals surface area contributed by atoms with Crippen LogP contribution in [0.1, 0.15) is 27.3 Å². The van der Waals surface area contributed by atoms with E-state index >= 15 is 0 Å². The van der Waals surface area contributed by atoms with E-state index in [0.717, 1.165) is 10.8 Å². The minimum absolute atomic E-state index is 0.345. The molecule has 0 bridgehead atoms. The minimum Gasteiger partial charge on any atom is -0.494 e. The Hall–Kier alpha value is -2.41. The van der Waals surface area contributed by atoms with Crippen molar-refractivity contribution in [3.8, 4) is 5.75 Å². The first-order valence-electron chi connectivity index (χ1n) is 7.13. The van der Waals surface area contributed by atoms with Crippen molar-refractivity contribution < 1.29 is 19.1 Å². The van der Waals surface area contributed by atoms with E-state index in [4.69, 9.17) is 9.47 Å². The lowest BCUT2D eigenvalue weighted by molar-refractivity contribution is -0.119. The van der Waals surface area contributed by atoms with Crippen molar-refractivity contribution in [3.63, 3.8) is 0 Å². The Morgan fingerprint density at radius 3 is 2.48 bits per heavy atom. The van der Waals surface area contributed by atoms with Crippen molar-refractivity contribution in [2.75, 3.05) is 18.5 Å². The number of hydrogen-bond donors (Lipinski definition) is 1. The molecule has 1 amide bonds. The van der Waals surface area contributed by atoms with Crippen LogP contribution in [0.3, 0.4) is 0 Å². The van der Waals surface area contributed by atoms with Crippen LogP contribution in [0, 0.1) is 13.8 Å².